The number of hydrogen-bond donors (Lipinski definition) is 0. The van der Waals surface area contributed by atoms with Crippen molar-refractivity contribution in [2.45, 2.75) is 45.4 Å². The molecular formula is C21H25NO. The van der Waals surface area contributed by atoms with E-state index in [2.05, 4.69) is 25.1 Å². The first kappa shape index (κ1) is 17.1. The van der Waals surface area contributed by atoms with Crippen molar-refractivity contribution in [3.8, 4) is 22.9 Å². The van der Waals surface area contributed by atoms with Crippen molar-refractivity contribution in [1.29, 1.82) is 5.26 Å². The lowest BCUT2D eigenvalue weighted by Gasteiger charge is -2.07. The number of ether oxygens (including phenoxy) is 1. The van der Waals surface area contributed by atoms with Gasteiger partial charge in [-0.15, -0.1) is 0 Å². The van der Waals surface area contributed by atoms with Crippen molar-refractivity contribution >= 4 is 0 Å². The number of rotatable bonds is 9. The van der Waals surface area contributed by atoms with Crippen LogP contribution >= 0.6 is 0 Å². The molecule has 0 spiro atoms. The maximum Gasteiger partial charge on any atom is 0.119 e. The fraction of sp³-hybridized carbons (Fsp3) is 0.381. The molecule has 2 aromatic rings. The highest BCUT2D eigenvalue weighted by Crippen LogP contribution is 2.23. The fourth-order valence-electron chi connectivity index (χ4n) is 2.55. The number of benzene rings is 2. The van der Waals surface area contributed by atoms with E-state index in [0.29, 0.717) is 5.56 Å². The van der Waals surface area contributed by atoms with Crippen molar-refractivity contribution in [2.75, 3.05) is 6.61 Å². The third kappa shape index (κ3) is 5.79. The zero-order chi connectivity index (χ0) is 16.3. The van der Waals surface area contributed by atoms with Gasteiger partial charge in [0.05, 0.1) is 18.2 Å². The van der Waals surface area contributed by atoms with Crippen molar-refractivity contribution in [3.05, 3.63) is 54.1 Å². The van der Waals surface area contributed by atoms with Crippen molar-refractivity contribution in [2.24, 2.45) is 0 Å². The number of nitriles is 1. The second-order valence-electron chi connectivity index (χ2n) is 5.83. The van der Waals surface area contributed by atoms with Gasteiger partial charge in [0.2, 0.25) is 0 Å². The topological polar surface area (TPSA) is 33.0 Å². The Balaban J connectivity index is 1.77. The molecule has 2 heteroatoms. The molecule has 120 valence electrons. The summed E-state index contributed by atoms with van der Waals surface area (Å²) in [5, 5.41) is 8.83. The normalized spacial score (nSPS) is 10.3. The molecule has 0 aliphatic rings. The lowest BCUT2D eigenvalue weighted by atomic mass is 10.0. The molecule has 0 radical (unpaired) electrons. The molecule has 2 rings (SSSR count). The Morgan fingerprint density at radius 1 is 0.783 bits per heavy atom. The molecule has 0 fully saturated rings. The maximum absolute atomic E-state index is 8.83. The first-order chi connectivity index (χ1) is 11.3. The second-order valence-corrected chi connectivity index (χ2v) is 5.83. The standard InChI is InChI=1S/C21H25NO/c1-2-3-4-5-6-7-16-23-21-14-12-20(13-15-21)19-10-8-18(17-22)9-11-19/h8-15H,2-7,16H2,1H3. The Bertz CT molecular complexity index is 608. The van der Waals surface area contributed by atoms with Gasteiger partial charge in [-0.2, -0.15) is 5.26 Å². The Morgan fingerprint density at radius 2 is 1.35 bits per heavy atom. The van der Waals surface area contributed by atoms with Crippen LogP contribution in [0.1, 0.15) is 51.0 Å². The van der Waals surface area contributed by atoms with E-state index < -0.39 is 0 Å². The van der Waals surface area contributed by atoms with Gasteiger partial charge in [-0.25, -0.2) is 0 Å². The van der Waals surface area contributed by atoms with E-state index >= 15 is 0 Å². The highest BCUT2D eigenvalue weighted by Gasteiger charge is 2.00. The van der Waals surface area contributed by atoms with Crippen LogP contribution in [-0.2, 0) is 0 Å². The molecule has 0 bridgehead atoms. The highest BCUT2D eigenvalue weighted by atomic mass is 16.5. The van der Waals surface area contributed by atoms with Crippen LogP contribution < -0.4 is 4.74 Å². The zero-order valence-corrected chi connectivity index (χ0v) is 13.9. The summed E-state index contributed by atoms with van der Waals surface area (Å²) < 4.78 is 5.80. The van der Waals surface area contributed by atoms with Gasteiger partial charge < -0.3 is 4.74 Å². The monoisotopic (exact) mass is 307 g/mol. The second kappa shape index (κ2) is 9.69. The molecule has 0 heterocycles. The molecule has 2 aromatic carbocycles. The first-order valence-corrected chi connectivity index (χ1v) is 8.57. The predicted molar refractivity (Wildman–Crippen MR) is 95.5 cm³/mol. The van der Waals surface area contributed by atoms with Crippen LogP contribution in [0, 0.1) is 11.3 Å². The van der Waals surface area contributed by atoms with Crippen LogP contribution in [0.5, 0.6) is 5.75 Å². The molecule has 0 aliphatic carbocycles. The fourth-order valence-corrected chi connectivity index (χ4v) is 2.55. The third-order valence-electron chi connectivity index (χ3n) is 3.97. The molecule has 0 amide bonds. The summed E-state index contributed by atoms with van der Waals surface area (Å²) >= 11 is 0. The van der Waals surface area contributed by atoms with E-state index in [1.54, 1.807) is 0 Å². The predicted octanol–water partition coefficient (Wildman–Crippen LogP) is 5.96. The summed E-state index contributed by atoms with van der Waals surface area (Å²) in [5.41, 5.74) is 2.94. The Kier molecular flexibility index (Phi) is 7.20. The molecule has 0 saturated carbocycles. The summed E-state index contributed by atoms with van der Waals surface area (Å²) in [7, 11) is 0. The Morgan fingerprint density at radius 3 is 1.96 bits per heavy atom. The van der Waals surface area contributed by atoms with E-state index in [4.69, 9.17) is 10.00 Å². The van der Waals surface area contributed by atoms with Crippen molar-refractivity contribution < 1.29 is 4.74 Å². The zero-order valence-electron chi connectivity index (χ0n) is 13.9. The van der Waals surface area contributed by atoms with Gasteiger partial charge in [-0.05, 0) is 41.8 Å². The number of nitrogens with zero attached hydrogens (tertiary/aromatic N) is 1. The van der Waals surface area contributed by atoms with Crippen molar-refractivity contribution in [1.82, 2.24) is 0 Å². The number of unbranched alkanes of at least 4 members (excludes halogenated alkanes) is 5. The lowest BCUT2D eigenvalue weighted by molar-refractivity contribution is 0.304. The summed E-state index contributed by atoms with van der Waals surface area (Å²) in [5.74, 6) is 0.927. The quantitative estimate of drug-likeness (QED) is 0.535. The summed E-state index contributed by atoms with van der Waals surface area (Å²) in [6.45, 7) is 3.03. The van der Waals surface area contributed by atoms with E-state index in [9.17, 15) is 0 Å². The lowest BCUT2D eigenvalue weighted by Crippen LogP contribution is -1.97. The smallest absolute Gasteiger partial charge is 0.119 e. The van der Waals surface area contributed by atoms with Gasteiger partial charge in [0.1, 0.15) is 5.75 Å². The van der Waals surface area contributed by atoms with E-state index in [-0.39, 0.29) is 0 Å². The van der Waals surface area contributed by atoms with Crippen LogP contribution in [0.25, 0.3) is 11.1 Å². The van der Waals surface area contributed by atoms with Gasteiger partial charge in [0, 0.05) is 0 Å². The Hall–Kier alpha value is -2.27. The SMILES string of the molecule is CCCCCCCCOc1ccc(-c2ccc(C#N)cc2)cc1. The minimum absolute atomic E-state index is 0.688. The molecule has 23 heavy (non-hydrogen) atoms. The van der Waals surface area contributed by atoms with Gasteiger partial charge in [0.15, 0.2) is 0 Å². The molecule has 0 atom stereocenters. The largest absolute Gasteiger partial charge is 0.494 e. The molecule has 0 N–H and O–H groups in total. The average molecular weight is 307 g/mol. The minimum atomic E-state index is 0.688. The number of hydrogen-bond acceptors (Lipinski definition) is 2. The third-order valence-corrected chi connectivity index (χ3v) is 3.97. The van der Waals surface area contributed by atoms with Gasteiger partial charge in [-0.1, -0.05) is 63.3 Å². The van der Waals surface area contributed by atoms with Crippen molar-refractivity contribution in [3.63, 3.8) is 0 Å². The van der Waals surface area contributed by atoms with E-state index in [1.165, 1.54) is 32.1 Å². The van der Waals surface area contributed by atoms with E-state index in [1.807, 2.05) is 36.4 Å². The van der Waals surface area contributed by atoms with Gasteiger partial charge in [-0.3, -0.25) is 0 Å². The average Bonchev–Trinajstić information content (AvgIpc) is 2.61. The summed E-state index contributed by atoms with van der Waals surface area (Å²) in [4.78, 5) is 0. The molecule has 0 unspecified atom stereocenters. The first-order valence-electron chi connectivity index (χ1n) is 8.57. The molecule has 0 aliphatic heterocycles. The van der Waals surface area contributed by atoms with Crippen LogP contribution in [0.15, 0.2) is 48.5 Å². The Labute approximate surface area is 139 Å². The van der Waals surface area contributed by atoms with Crippen LogP contribution in [-0.4, -0.2) is 6.61 Å². The maximum atomic E-state index is 8.83. The molecule has 0 saturated heterocycles. The molecule has 2 nitrogen and oxygen atoms in total. The summed E-state index contributed by atoms with van der Waals surface area (Å²) in [6, 6.07) is 18.0. The minimum Gasteiger partial charge on any atom is -0.494 e. The molecule has 0 aromatic heterocycles. The van der Waals surface area contributed by atoms with Crippen LogP contribution in [0.4, 0.5) is 0 Å². The van der Waals surface area contributed by atoms with Crippen LogP contribution in [0.2, 0.25) is 0 Å². The van der Waals surface area contributed by atoms with E-state index in [0.717, 1.165) is 29.9 Å². The van der Waals surface area contributed by atoms with Gasteiger partial charge in [0.25, 0.3) is 0 Å². The van der Waals surface area contributed by atoms with Crippen LogP contribution in [0.3, 0.4) is 0 Å². The highest BCUT2D eigenvalue weighted by molar-refractivity contribution is 5.64. The molecular weight excluding hydrogens is 282 g/mol. The summed E-state index contributed by atoms with van der Waals surface area (Å²) in [6.07, 6.45) is 7.68. The van der Waals surface area contributed by atoms with Gasteiger partial charge >= 0.3 is 0 Å².